The maximum Gasteiger partial charge on any atom is 0.304 e. The number of hydrogen-bond donors (Lipinski definition) is 1. The maximum absolute atomic E-state index is 10.8. The number of benzene rings is 2. The number of carboxylic acids is 1. The standard InChI is InChI=1S/C31H41NO3/c1-5-26-21-29(12-13-30(26)24(4)9-7-6-8-23(2)3)35-19-16-25-10-11-28-22-32(18-15-31(33)34)17-14-27(28)20-25/h7-13,20-21,24H,5-6,14-19,22H2,1-4H3,(H,33,34)/b9-7-. The third kappa shape index (κ3) is 8.40. The number of fused-ring (bicyclic) bond motifs is 1. The lowest BCUT2D eigenvalue weighted by Crippen LogP contribution is -2.32. The Bertz CT molecular complexity index is 1050. The first-order valence-electron chi connectivity index (χ1n) is 13.0. The average molecular weight is 476 g/mol. The number of ether oxygens (including phenoxy) is 1. The van der Waals surface area contributed by atoms with Crippen molar-refractivity contribution in [3.8, 4) is 5.75 Å². The lowest BCUT2D eigenvalue weighted by molar-refractivity contribution is -0.137. The molecule has 0 fully saturated rings. The van der Waals surface area contributed by atoms with Crippen LogP contribution in [-0.4, -0.2) is 35.7 Å². The largest absolute Gasteiger partial charge is 0.493 e. The van der Waals surface area contributed by atoms with Crippen molar-refractivity contribution >= 4 is 5.97 Å². The number of carbonyl (C=O) groups is 1. The molecule has 2 aromatic carbocycles. The summed E-state index contributed by atoms with van der Waals surface area (Å²) in [5.74, 6) is 0.604. The Labute approximate surface area is 211 Å². The quantitative estimate of drug-likeness (QED) is 0.346. The molecule has 1 N–H and O–H groups in total. The number of aryl methyl sites for hydroxylation is 1. The van der Waals surface area contributed by atoms with Gasteiger partial charge in [0.15, 0.2) is 0 Å². The minimum Gasteiger partial charge on any atom is -0.493 e. The van der Waals surface area contributed by atoms with Crippen molar-refractivity contribution < 1.29 is 14.6 Å². The number of hydrogen-bond acceptors (Lipinski definition) is 3. The summed E-state index contributed by atoms with van der Waals surface area (Å²) >= 11 is 0. The fourth-order valence-corrected chi connectivity index (χ4v) is 4.66. The highest BCUT2D eigenvalue weighted by Crippen LogP contribution is 2.27. The summed E-state index contributed by atoms with van der Waals surface area (Å²) in [4.78, 5) is 13.1. The van der Waals surface area contributed by atoms with Gasteiger partial charge in [0.25, 0.3) is 0 Å². The zero-order valence-electron chi connectivity index (χ0n) is 21.8. The van der Waals surface area contributed by atoms with Gasteiger partial charge in [0, 0.05) is 26.1 Å². The molecule has 0 bridgehead atoms. The van der Waals surface area contributed by atoms with Crippen LogP contribution in [-0.2, 0) is 30.6 Å². The topological polar surface area (TPSA) is 49.8 Å². The van der Waals surface area contributed by atoms with E-state index in [-0.39, 0.29) is 6.42 Å². The van der Waals surface area contributed by atoms with Gasteiger partial charge in [0.1, 0.15) is 5.75 Å². The molecular weight excluding hydrogens is 434 g/mol. The number of aliphatic carboxylic acids is 1. The number of nitrogens with zero attached hydrogens (tertiary/aromatic N) is 1. The predicted molar refractivity (Wildman–Crippen MR) is 144 cm³/mol. The molecule has 0 saturated heterocycles. The van der Waals surface area contributed by atoms with Crippen molar-refractivity contribution in [3.05, 3.63) is 88.0 Å². The predicted octanol–water partition coefficient (Wildman–Crippen LogP) is 6.72. The van der Waals surface area contributed by atoms with Gasteiger partial charge in [-0.3, -0.25) is 9.69 Å². The molecular formula is C31H41NO3. The molecule has 1 heterocycles. The third-order valence-corrected chi connectivity index (χ3v) is 6.74. The molecule has 1 unspecified atom stereocenters. The molecule has 1 aliphatic heterocycles. The van der Waals surface area contributed by atoms with Gasteiger partial charge in [-0.1, -0.05) is 61.9 Å². The van der Waals surface area contributed by atoms with E-state index >= 15 is 0 Å². The van der Waals surface area contributed by atoms with Crippen LogP contribution in [0.2, 0.25) is 0 Å². The summed E-state index contributed by atoms with van der Waals surface area (Å²) in [7, 11) is 0. The van der Waals surface area contributed by atoms with E-state index in [0.717, 1.165) is 44.5 Å². The first-order valence-corrected chi connectivity index (χ1v) is 13.0. The van der Waals surface area contributed by atoms with Gasteiger partial charge in [0.2, 0.25) is 0 Å². The van der Waals surface area contributed by atoms with Crippen molar-refractivity contribution in [3.63, 3.8) is 0 Å². The van der Waals surface area contributed by atoms with E-state index in [2.05, 4.69) is 87.2 Å². The Hall–Kier alpha value is -2.85. The minimum atomic E-state index is -0.728. The van der Waals surface area contributed by atoms with Crippen LogP contribution in [0.4, 0.5) is 0 Å². The summed E-state index contributed by atoms with van der Waals surface area (Å²) in [5.41, 5.74) is 8.08. The molecule has 3 rings (SSSR count). The molecule has 0 aliphatic carbocycles. The van der Waals surface area contributed by atoms with E-state index in [4.69, 9.17) is 9.84 Å². The van der Waals surface area contributed by atoms with Crippen LogP contribution in [0.3, 0.4) is 0 Å². The van der Waals surface area contributed by atoms with Gasteiger partial charge in [-0.25, -0.2) is 0 Å². The van der Waals surface area contributed by atoms with Crippen molar-refractivity contribution in [2.45, 2.75) is 72.3 Å². The molecule has 0 amide bonds. The molecule has 1 atom stereocenters. The SMILES string of the molecule is CCc1cc(OCCc2ccc3c(c2)CCN(CCC(=O)O)C3)ccc1C(C)/C=C\CC=C(C)C. The van der Waals surface area contributed by atoms with Gasteiger partial charge in [-0.15, -0.1) is 0 Å². The Morgan fingerprint density at radius 3 is 2.74 bits per heavy atom. The van der Waals surface area contributed by atoms with Gasteiger partial charge in [-0.2, -0.15) is 0 Å². The Morgan fingerprint density at radius 2 is 2.00 bits per heavy atom. The van der Waals surface area contributed by atoms with Crippen LogP contribution in [0, 0.1) is 0 Å². The maximum atomic E-state index is 10.8. The number of rotatable bonds is 12. The van der Waals surface area contributed by atoms with E-state index < -0.39 is 5.97 Å². The summed E-state index contributed by atoms with van der Waals surface area (Å²) < 4.78 is 6.14. The summed E-state index contributed by atoms with van der Waals surface area (Å²) in [6.07, 6.45) is 10.9. The van der Waals surface area contributed by atoms with Crippen LogP contribution in [0.1, 0.15) is 74.3 Å². The molecule has 0 spiro atoms. The third-order valence-electron chi connectivity index (χ3n) is 6.74. The van der Waals surface area contributed by atoms with E-state index in [1.807, 2.05) is 0 Å². The molecule has 1 aliphatic rings. The van der Waals surface area contributed by atoms with E-state index in [1.165, 1.54) is 33.4 Å². The summed E-state index contributed by atoms with van der Waals surface area (Å²) in [6, 6.07) is 13.2. The summed E-state index contributed by atoms with van der Waals surface area (Å²) in [5, 5.41) is 8.92. The van der Waals surface area contributed by atoms with Crippen molar-refractivity contribution in [2.24, 2.45) is 0 Å². The van der Waals surface area contributed by atoms with Crippen LogP contribution >= 0.6 is 0 Å². The minimum absolute atomic E-state index is 0.206. The second kappa shape index (κ2) is 13.3. The number of carboxylic acid groups (broad SMARTS) is 1. The van der Waals surface area contributed by atoms with Gasteiger partial charge < -0.3 is 9.84 Å². The Morgan fingerprint density at radius 1 is 1.17 bits per heavy atom. The molecule has 35 heavy (non-hydrogen) atoms. The number of allylic oxidation sites excluding steroid dienone is 4. The monoisotopic (exact) mass is 475 g/mol. The highest BCUT2D eigenvalue weighted by molar-refractivity contribution is 5.66. The molecule has 0 radical (unpaired) electrons. The normalized spacial score (nSPS) is 14.5. The lowest BCUT2D eigenvalue weighted by Gasteiger charge is -2.28. The smallest absolute Gasteiger partial charge is 0.304 e. The zero-order valence-corrected chi connectivity index (χ0v) is 21.8. The molecule has 0 aromatic heterocycles. The molecule has 4 heteroatoms. The van der Waals surface area contributed by atoms with E-state index in [9.17, 15) is 4.79 Å². The van der Waals surface area contributed by atoms with Crippen molar-refractivity contribution in [1.29, 1.82) is 0 Å². The average Bonchev–Trinajstić information content (AvgIpc) is 2.84. The van der Waals surface area contributed by atoms with Crippen LogP contribution in [0.25, 0.3) is 0 Å². The zero-order chi connectivity index (χ0) is 25.2. The second-order valence-electron chi connectivity index (χ2n) is 9.82. The van der Waals surface area contributed by atoms with Crippen LogP contribution in [0.5, 0.6) is 5.75 Å². The molecule has 4 nitrogen and oxygen atoms in total. The van der Waals surface area contributed by atoms with Crippen molar-refractivity contribution in [2.75, 3.05) is 19.7 Å². The molecule has 2 aromatic rings. The van der Waals surface area contributed by atoms with Crippen molar-refractivity contribution in [1.82, 2.24) is 4.90 Å². The fraction of sp³-hybridized carbons (Fsp3) is 0.452. The van der Waals surface area contributed by atoms with Crippen LogP contribution in [0.15, 0.2) is 60.2 Å². The highest BCUT2D eigenvalue weighted by Gasteiger charge is 2.17. The van der Waals surface area contributed by atoms with Gasteiger partial charge >= 0.3 is 5.97 Å². The first-order chi connectivity index (χ1) is 16.9. The lowest BCUT2D eigenvalue weighted by atomic mass is 9.93. The van der Waals surface area contributed by atoms with Gasteiger partial charge in [0.05, 0.1) is 13.0 Å². The van der Waals surface area contributed by atoms with Crippen LogP contribution < -0.4 is 4.74 Å². The van der Waals surface area contributed by atoms with E-state index in [0.29, 0.717) is 19.1 Å². The molecule has 188 valence electrons. The Balaban J connectivity index is 1.53. The summed E-state index contributed by atoms with van der Waals surface area (Å²) in [6.45, 7) is 11.8. The first kappa shape index (κ1) is 26.7. The molecule has 0 saturated carbocycles. The highest BCUT2D eigenvalue weighted by atomic mass is 16.5. The Kier molecular flexibility index (Phi) is 10.2. The fourth-order valence-electron chi connectivity index (χ4n) is 4.66. The van der Waals surface area contributed by atoms with E-state index in [1.54, 1.807) is 0 Å². The second-order valence-corrected chi connectivity index (χ2v) is 9.82. The van der Waals surface area contributed by atoms with Gasteiger partial charge in [-0.05, 0) is 79.0 Å².